The maximum atomic E-state index is 6.62. The molecule has 0 radical (unpaired) electrons. The highest BCUT2D eigenvalue weighted by atomic mass is 32.1. The van der Waals surface area contributed by atoms with E-state index in [0.717, 1.165) is 18.8 Å². The van der Waals surface area contributed by atoms with Crippen LogP contribution in [0.15, 0.2) is 17.5 Å². The highest BCUT2D eigenvalue weighted by Crippen LogP contribution is 2.44. The molecule has 0 aromatic carbocycles. The van der Waals surface area contributed by atoms with Crippen molar-refractivity contribution in [3.8, 4) is 0 Å². The van der Waals surface area contributed by atoms with E-state index in [2.05, 4.69) is 38.3 Å². The molecule has 2 N–H and O–H groups in total. The van der Waals surface area contributed by atoms with Gasteiger partial charge in [0.15, 0.2) is 0 Å². The topological polar surface area (TPSA) is 26.0 Å². The molecule has 0 bridgehead atoms. The van der Waals surface area contributed by atoms with Crippen LogP contribution < -0.4 is 5.73 Å². The van der Waals surface area contributed by atoms with Crippen LogP contribution in [0.25, 0.3) is 0 Å². The molecule has 1 aliphatic carbocycles. The van der Waals surface area contributed by atoms with Crippen LogP contribution in [0, 0.1) is 11.3 Å². The Kier molecular flexibility index (Phi) is 3.15. The van der Waals surface area contributed by atoms with Crippen molar-refractivity contribution in [2.24, 2.45) is 17.1 Å². The largest absolute Gasteiger partial charge is 0.325 e. The van der Waals surface area contributed by atoms with Crippen LogP contribution in [0.5, 0.6) is 0 Å². The van der Waals surface area contributed by atoms with Crippen molar-refractivity contribution in [1.82, 2.24) is 0 Å². The Labute approximate surface area is 103 Å². The Balaban J connectivity index is 2.11. The van der Waals surface area contributed by atoms with Gasteiger partial charge < -0.3 is 5.73 Å². The molecule has 1 aromatic rings. The molecule has 90 valence electrons. The van der Waals surface area contributed by atoms with Gasteiger partial charge in [0.2, 0.25) is 0 Å². The fourth-order valence-corrected chi connectivity index (χ4v) is 4.56. The summed E-state index contributed by atoms with van der Waals surface area (Å²) in [6.45, 7) is 7.06. The van der Waals surface area contributed by atoms with Gasteiger partial charge in [-0.05, 0) is 48.5 Å². The van der Waals surface area contributed by atoms with Gasteiger partial charge >= 0.3 is 0 Å². The van der Waals surface area contributed by atoms with E-state index in [1.165, 1.54) is 17.7 Å². The van der Waals surface area contributed by atoms with E-state index in [0.29, 0.717) is 5.41 Å². The lowest BCUT2D eigenvalue weighted by Crippen LogP contribution is -2.50. The molecule has 16 heavy (non-hydrogen) atoms. The summed E-state index contributed by atoms with van der Waals surface area (Å²) in [5.74, 6) is 0.758. The molecular weight excluding hydrogens is 214 g/mol. The van der Waals surface area contributed by atoms with Crippen LogP contribution in [-0.2, 0) is 6.42 Å². The average Bonchev–Trinajstić information content (AvgIpc) is 2.49. The number of hydrogen-bond acceptors (Lipinski definition) is 2. The minimum absolute atomic E-state index is 0.0199. The van der Waals surface area contributed by atoms with Crippen molar-refractivity contribution in [3.05, 3.63) is 22.4 Å². The Bertz CT molecular complexity index is 342. The maximum absolute atomic E-state index is 6.62. The first-order valence-corrected chi connectivity index (χ1v) is 7.08. The van der Waals surface area contributed by atoms with Crippen molar-refractivity contribution in [2.75, 3.05) is 0 Å². The predicted octanol–water partition coefficient (Wildman–Crippen LogP) is 3.83. The third kappa shape index (κ3) is 2.86. The molecule has 0 saturated heterocycles. The monoisotopic (exact) mass is 237 g/mol. The van der Waals surface area contributed by atoms with Gasteiger partial charge in [0.25, 0.3) is 0 Å². The summed E-state index contributed by atoms with van der Waals surface area (Å²) in [5, 5.41) is 2.15. The minimum Gasteiger partial charge on any atom is -0.325 e. The molecule has 2 atom stereocenters. The van der Waals surface area contributed by atoms with E-state index >= 15 is 0 Å². The quantitative estimate of drug-likeness (QED) is 0.831. The Morgan fingerprint density at radius 3 is 2.75 bits per heavy atom. The number of hydrogen-bond donors (Lipinski definition) is 1. The van der Waals surface area contributed by atoms with Crippen LogP contribution in [0.2, 0.25) is 0 Å². The fraction of sp³-hybridized carbons (Fsp3) is 0.714. The molecule has 2 rings (SSSR count). The third-order valence-electron chi connectivity index (χ3n) is 3.59. The zero-order chi connectivity index (χ0) is 11.8. The highest BCUT2D eigenvalue weighted by Gasteiger charge is 2.40. The first kappa shape index (κ1) is 12.1. The summed E-state index contributed by atoms with van der Waals surface area (Å²) in [6.07, 6.45) is 4.70. The SMILES string of the molecule is CC1CC(C)(C)CC(N)(Cc2cccs2)C1. The summed E-state index contributed by atoms with van der Waals surface area (Å²) >= 11 is 1.84. The van der Waals surface area contributed by atoms with Gasteiger partial charge in [-0.1, -0.05) is 26.8 Å². The average molecular weight is 237 g/mol. The van der Waals surface area contributed by atoms with Crippen LogP contribution in [-0.4, -0.2) is 5.54 Å². The van der Waals surface area contributed by atoms with Crippen LogP contribution in [0.4, 0.5) is 0 Å². The minimum atomic E-state index is 0.0199. The van der Waals surface area contributed by atoms with Gasteiger partial charge in [0.1, 0.15) is 0 Å². The summed E-state index contributed by atoms with van der Waals surface area (Å²) in [7, 11) is 0. The Morgan fingerprint density at radius 1 is 1.44 bits per heavy atom. The van der Waals surface area contributed by atoms with Crippen LogP contribution in [0.3, 0.4) is 0 Å². The smallest absolute Gasteiger partial charge is 0.0210 e. The molecule has 2 unspecified atom stereocenters. The molecule has 1 aliphatic rings. The summed E-state index contributed by atoms with van der Waals surface area (Å²) in [6, 6.07) is 4.34. The summed E-state index contributed by atoms with van der Waals surface area (Å²) < 4.78 is 0. The molecule has 1 saturated carbocycles. The molecule has 1 heterocycles. The third-order valence-corrected chi connectivity index (χ3v) is 4.47. The lowest BCUT2D eigenvalue weighted by atomic mass is 9.63. The summed E-state index contributed by atoms with van der Waals surface area (Å²) in [5.41, 5.74) is 7.05. The van der Waals surface area contributed by atoms with Crippen LogP contribution in [0.1, 0.15) is 44.9 Å². The molecule has 1 aromatic heterocycles. The molecule has 0 amide bonds. The number of rotatable bonds is 2. The van der Waals surface area contributed by atoms with Gasteiger partial charge in [-0.3, -0.25) is 0 Å². The van der Waals surface area contributed by atoms with Gasteiger partial charge in [-0.2, -0.15) is 0 Å². The van der Waals surface area contributed by atoms with Crippen molar-refractivity contribution in [1.29, 1.82) is 0 Å². The molecule has 1 fully saturated rings. The molecule has 2 heteroatoms. The number of thiophene rings is 1. The van der Waals surface area contributed by atoms with Gasteiger partial charge in [-0.25, -0.2) is 0 Å². The van der Waals surface area contributed by atoms with E-state index in [9.17, 15) is 0 Å². The first-order chi connectivity index (χ1) is 7.39. The predicted molar refractivity (Wildman–Crippen MR) is 71.7 cm³/mol. The van der Waals surface area contributed by atoms with E-state index < -0.39 is 0 Å². The highest BCUT2D eigenvalue weighted by molar-refractivity contribution is 7.09. The zero-order valence-corrected chi connectivity index (χ0v) is 11.4. The van der Waals surface area contributed by atoms with Gasteiger partial charge in [0.05, 0.1) is 0 Å². The lowest BCUT2D eigenvalue weighted by Gasteiger charge is -2.45. The number of nitrogens with two attached hydrogens (primary N) is 1. The van der Waals surface area contributed by atoms with E-state index in [1.54, 1.807) is 0 Å². The van der Waals surface area contributed by atoms with Crippen molar-refractivity contribution in [3.63, 3.8) is 0 Å². The van der Waals surface area contributed by atoms with E-state index in [-0.39, 0.29) is 5.54 Å². The van der Waals surface area contributed by atoms with E-state index in [4.69, 9.17) is 5.73 Å². The van der Waals surface area contributed by atoms with Crippen molar-refractivity contribution < 1.29 is 0 Å². The van der Waals surface area contributed by atoms with Gasteiger partial charge in [-0.15, -0.1) is 11.3 Å². The Morgan fingerprint density at radius 2 is 2.19 bits per heavy atom. The Hall–Kier alpha value is -0.340. The molecule has 1 nitrogen and oxygen atoms in total. The maximum Gasteiger partial charge on any atom is 0.0210 e. The first-order valence-electron chi connectivity index (χ1n) is 6.20. The molecule has 0 aliphatic heterocycles. The fourth-order valence-electron chi connectivity index (χ4n) is 3.70. The zero-order valence-electron chi connectivity index (χ0n) is 10.6. The lowest BCUT2D eigenvalue weighted by molar-refractivity contribution is 0.108. The van der Waals surface area contributed by atoms with Crippen molar-refractivity contribution in [2.45, 2.75) is 52.0 Å². The normalized spacial score (nSPS) is 33.9. The van der Waals surface area contributed by atoms with Gasteiger partial charge in [0, 0.05) is 10.4 Å². The second kappa shape index (κ2) is 4.15. The second-order valence-electron chi connectivity index (χ2n) is 6.47. The van der Waals surface area contributed by atoms with Crippen molar-refractivity contribution >= 4 is 11.3 Å². The van der Waals surface area contributed by atoms with Crippen LogP contribution >= 0.6 is 11.3 Å². The molecular formula is C14H23NS. The molecule has 0 spiro atoms. The second-order valence-corrected chi connectivity index (χ2v) is 7.51. The standard InChI is InChI=1S/C14H23NS/c1-11-7-13(2,3)10-14(15,8-11)9-12-5-4-6-16-12/h4-6,11H,7-10,15H2,1-3H3. The summed E-state index contributed by atoms with van der Waals surface area (Å²) in [4.78, 5) is 1.44. The van der Waals surface area contributed by atoms with E-state index in [1.807, 2.05) is 11.3 Å².